The van der Waals surface area contributed by atoms with Crippen LogP contribution in [0.3, 0.4) is 0 Å². The number of hydrogen-bond acceptors (Lipinski definition) is 0. The Morgan fingerprint density at radius 3 is 0.935 bits per heavy atom. The van der Waals surface area contributed by atoms with Crippen molar-refractivity contribution < 1.29 is 30.2 Å². The molecule has 5 heteroatoms. The van der Waals surface area contributed by atoms with Gasteiger partial charge in [-0.25, -0.2) is 0 Å². The maximum absolute atomic E-state index is 12.0. The largest absolute Gasteiger partial charge is 0.309 e. The molecule has 21 aromatic rings. The molecular formula is C102H67BN4. The van der Waals surface area contributed by atoms with Crippen molar-refractivity contribution in [1.82, 2.24) is 18.3 Å². The maximum Gasteiger partial charge on any atom is 0.252 e. The molecule has 0 saturated heterocycles. The molecule has 2 aliphatic heterocycles. The van der Waals surface area contributed by atoms with Crippen LogP contribution in [0.25, 0.3) is 197 Å². The van der Waals surface area contributed by atoms with E-state index in [2.05, 4.69) is 0 Å². The van der Waals surface area contributed by atoms with E-state index in [1.807, 2.05) is 236 Å². The van der Waals surface area contributed by atoms with E-state index in [0.717, 1.165) is 21.5 Å². The lowest BCUT2D eigenvalue weighted by atomic mass is 9.34. The summed E-state index contributed by atoms with van der Waals surface area (Å²) in [7, 11) is 0. The molecule has 6 heterocycles. The molecule has 0 atom stereocenters. The van der Waals surface area contributed by atoms with Gasteiger partial charge in [-0.3, -0.25) is 0 Å². The van der Waals surface area contributed by atoms with Crippen LogP contribution in [-0.4, -0.2) is 25.0 Å². The van der Waals surface area contributed by atoms with Gasteiger partial charge in [0.2, 0.25) is 0 Å². The van der Waals surface area contributed by atoms with E-state index in [-0.39, 0.29) is 122 Å². The fourth-order valence-electron chi connectivity index (χ4n) is 17.8. The van der Waals surface area contributed by atoms with Crippen LogP contribution in [0.5, 0.6) is 0 Å². The third kappa shape index (κ3) is 8.40. The number of nitrogens with zero attached hydrogens (tertiary/aromatic N) is 4. The number of rotatable bonds is 4. The van der Waals surface area contributed by atoms with E-state index in [1.165, 1.54) is 9.13 Å². The second-order valence-corrected chi connectivity index (χ2v) is 28.8. The van der Waals surface area contributed by atoms with Crippen molar-refractivity contribution in [2.45, 2.75) is 26.2 Å². The SMILES string of the molecule is [2H]c1c2c3c(c([2H])c1C(C)(C)C)-n1c4c(-c5cccc6ccccc56)cccc4c4ccccc4c4ccccc4c4c(-n5c6c([2H])c([2H])c([2H])c([2H])c6c6c([2H])c([2H])c([2H])c([2H])c65)c([2H])c([2H])c(c41)B3c1c([2H])c([2H])c(-n3c4c([2H])c([2H])c([2H])c([2H])c4c4c([2H])c([2H])c([2H])c([2H])c43)c3c4ccccc4c4ccccc4c4cccc(-c5cccc6ccccc56)c4n-2c13. The van der Waals surface area contributed by atoms with Crippen molar-refractivity contribution in [3.05, 3.63) is 357 Å². The Balaban J connectivity index is 1.11. The summed E-state index contributed by atoms with van der Waals surface area (Å²) in [6, 6.07) is 55.6. The van der Waals surface area contributed by atoms with Crippen molar-refractivity contribution in [3.63, 3.8) is 0 Å². The average molecular weight is 1380 g/mol. The van der Waals surface area contributed by atoms with Crippen LogP contribution < -0.4 is 16.4 Å². The van der Waals surface area contributed by atoms with E-state index >= 15 is 0 Å². The van der Waals surface area contributed by atoms with Crippen molar-refractivity contribution in [2.24, 2.45) is 0 Å². The Morgan fingerprint density at radius 1 is 0.252 bits per heavy atom. The normalized spacial score (nSPS) is 15.5. The molecule has 0 fully saturated rings. The van der Waals surface area contributed by atoms with Crippen molar-refractivity contribution in [3.8, 4) is 45.0 Å². The molecule has 0 radical (unpaired) electrons. The summed E-state index contributed by atoms with van der Waals surface area (Å²) in [5.41, 5.74) is 0.341. The van der Waals surface area contributed by atoms with Gasteiger partial charge in [0.1, 0.15) is 0 Å². The molecule has 0 unspecified atom stereocenters. The second kappa shape index (κ2) is 22.5. The minimum atomic E-state index is -1.75. The molecule has 498 valence electrons. The quantitative estimate of drug-likeness (QED) is 0.157. The van der Waals surface area contributed by atoms with Crippen molar-refractivity contribution >= 4 is 175 Å². The first-order chi connectivity index (χ1) is 62.0. The van der Waals surface area contributed by atoms with Crippen molar-refractivity contribution in [1.29, 1.82) is 0 Å². The van der Waals surface area contributed by atoms with Crippen LogP contribution in [0, 0.1) is 0 Å². The van der Waals surface area contributed by atoms with E-state index in [1.54, 1.807) is 12.1 Å². The third-order valence-corrected chi connectivity index (χ3v) is 22.2. The zero-order valence-corrected chi connectivity index (χ0v) is 57.7. The fourth-order valence-corrected chi connectivity index (χ4v) is 17.8. The Bertz CT molecular complexity index is 8440. The summed E-state index contributed by atoms with van der Waals surface area (Å²) in [5.74, 6) is 0. The van der Waals surface area contributed by atoms with Gasteiger partial charge in [0.15, 0.2) is 0 Å². The highest BCUT2D eigenvalue weighted by molar-refractivity contribution is 7.00. The van der Waals surface area contributed by atoms with E-state index < -0.39 is 133 Å². The van der Waals surface area contributed by atoms with E-state index in [9.17, 15) is 30.2 Å². The Hall–Kier alpha value is -13.5. The van der Waals surface area contributed by atoms with Crippen molar-refractivity contribution in [2.75, 3.05) is 0 Å². The topological polar surface area (TPSA) is 19.7 Å². The van der Waals surface area contributed by atoms with Crippen LogP contribution in [-0.2, 0) is 5.41 Å². The number of para-hydroxylation sites is 6. The van der Waals surface area contributed by atoms with Crippen LogP contribution in [0.1, 0.15) is 56.5 Å². The monoisotopic (exact) mass is 1380 g/mol. The van der Waals surface area contributed by atoms with Gasteiger partial charge in [0.25, 0.3) is 6.71 Å². The van der Waals surface area contributed by atoms with Crippen LogP contribution in [0.15, 0.2) is 351 Å². The van der Waals surface area contributed by atoms with Gasteiger partial charge < -0.3 is 18.3 Å². The zero-order chi connectivity index (χ0) is 89.6. The molecule has 0 aliphatic carbocycles. The predicted octanol–water partition coefficient (Wildman–Crippen LogP) is 25.0. The lowest BCUT2D eigenvalue weighted by molar-refractivity contribution is 0.589. The summed E-state index contributed by atoms with van der Waals surface area (Å²) in [4.78, 5) is 0. The number of aromatic nitrogens is 4. The minimum absolute atomic E-state index is 0.0313. The summed E-state index contributed by atoms with van der Waals surface area (Å²) in [6.07, 6.45) is 0. The lowest BCUT2D eigenvalue weighted by Crippen LogP contribution is -2.60. The first kappa shape index (κ1) is 42.3. The summed E-state index contributed by atoms with van der Waals surface area (Å²) < 4.78 is 235. The molecule has 4 aromatic heterocycles. The van der Waals surface area contributed by atoms with Gasteiger partial charge in [-0.1, -0.05) is 324 Å². The molecule has 0 N–H and O–H groups in total. The third-order valence-electron chi connectivity index (χ3n) is 22.2. The Labute approximate surface area is 648 Å². The first-order valence-electron chi connectivity index (χ1n) is 46.7. The summed E-state index contributed by atoms with van der Waals surface area (Å²) in [6.45, 7) is 3.99. The zero-order valence-electron chi connectivity index (χ0n) is 79.7. The van der Waals surface area contributed by atoms with E-state index in [0.29, 0.717) is 87.1 Å². The first-order valence-corrected chi connectivity index (χ1v) is 35.7. The smallest absolute Gasteiger partial charge is 0.252 e. The Morgan fingerprint density at radius 2 is 0.551 bits per heavy atom. The number of hydrogen-bond donors (Lipinski definition) is 0. The van der Waals surface area contributed by atoms with Gasteiger partial charge in [-0.05, 0) is 151 Å². The molecule has 0 spiro atoms. The van der Waals surface area contributed by atoms with Gasteiger partial charge in [0.05, 0.1) is 85.7 Å². The number of fused-ring (bicyclic) bond motifs is 26. The van der Waals surface area contributed by atoms with Crippen LogP contribution in [0.2, 0.25) is 0 Å². The van der Waals surface area contributed by atoms with Gasteiger partial charge >= 0.3 is 0 Å². The molecular weight excluding hydrogens is 1290 g/mol. The molecule has 2 aliphatic rings. The molecule has 17 aromatic carbocycles. The average Bonchev–Trinajstić information content (AvgIpc) is 1.65. The summed E-state index contributed by atoms with van der Waals surface area (Å²) in [5, 5.41) is 7.37. The highest BCUT2D eigenvalue weighted by Gasteiger charge is 2.42. The van der Waals surface area contributed by atoms with E-state index in [4.69, 9.17) is 0 Å². The standard InChI is InChI=1S/C102H67BN4/c1-102(2,3)64-60-93-97-94(61-64)107-99-82(68-47-25-31-63-29-5-7-33-66(63)68)49-27-51-84(99)74-39-11-9-35-70(74)72-37-13-15-45-80(72)96-92(105-89-54-22-18-42-77(89)78-43-19-23-55-90(78)105)59-57-86(101(96)107)103(97)85-56-58-91(104-87-52-20-16-40-75(87)76-41-17-21-53-88(76)104)95-79-44-14-12-36-71(79)69-34-8-10-38-73(69)83-50-26-48-81(98(83)106(93)100(85)95)67-46-24-30-62-28-4-6-32-65(62)67/h4-61H,1-3H3/i16D,17D,18D,19D,20D,21D,22D,23D,40D,41D,42D,43D,52D,53D,54D,55D,56D,57D,58D,59D,60D,61D. The molecule has 23 rings (SSSR count). The molecule has 107 heavy (non-hydrogen) atoms. The second-order valence-electron chi connectivity index (χ2n) is 28.8. The maximum atomic E-state index is 12.0. The molecule has 0 amide bonds. The molecule has 0 saturated carbocycles. The molecule has 4 nitrogen and oxygen atoms in total. The van der Waals surface area contributed by atoms with Gasteiger partial charge in [-0.2, -0.15) is 0 Å². The Kier molecular flexibility index (Phi) is 8.91. The van der Waals surface area contributed by atoms with Gasteiger partial charge in [-0.15, -0.1) is 0 Å². The van der Waals surface area contributed by atoms with Crippen LogP contribution in [0.4, 0.5) is 0 Å². The number of benzene rings is 17. The lowest BCUT2D eigenvalue weighted by Gasteiger charge is -2.38. The highest BCUT2D eigenvalue weighted by Crippen LogP contribution is 2.49. The summed E-state index contributed by atoms with van der Waals surface area (Å²) >= 11 is 0. The molecule has 0 bridgehead atoms. The van der Waals surface area contributed by atoms with Gasteiger partial charge in [0, 0.05) is 65.6 Å². The highest BCUT2D eigenvalue weighted by atomic mass is 15.1. The fraction of sp³-hybridized carbons (Fsp3) is 0.0392. The predicted molar refractivity (Wildman–Crippen MR) is 458 cm³/mol. The minimum Gasteiger partial charge on any atom is -0.309 e. The van der Waals surface area contributed by atoms with Crippen LogP contribution >= 0.6 is 0 Å².